The second kappa shape index (κ2) is 11.8. The fraction of sp³-hybridized carbons (Fsp3) is 0.435. The fourth-order valence-electron chi connectivity index (χ4n) is 3.68. The van der Waals surface area contributed by atoms with Gasteiger partial charge in [0.25, 0.3) is 5.91 Å². The molecule has 2 aromatic carbocycles. The molecule has 5 nitrogen and oxygen atoms in total. The lowest BCUT2D eigenvalue weighted by atomic mass is 10.1. The molecule has 0 bridgehead atoms. The number of benzene rings is 2. The van der Waals surface area contributed by atoms with Crippen molar-refractivity contribution in [3.05, 3.63) is 65.2 Å². The molecular formula is C23H32ClN3O2+2. The Kier molecular flexibility index (Phi) is 8.81. The quantitative estimate of drug-likeness (QED) is 0.485. The van der Waals surface area contributed by atoms with E-state index in [2.05, 4.69) is 29.6 Å². The van der Waals surface area contributed by atoms with Gasteiger partial charge in [-0.25, -0.2) is 0 Å². The predicted molar refractivity (Wildman–Crippen MR) is 116 cm³/mol. The lowest BCUT2D eigenvalue weighted by molar-refractivity contribution is -1.01. The van der Waals surface area contributed by atoms with Gasteiger partial charge in [-0.2, -0.15) is 0 Å². The van der Waals surface area contributed by atoms with Crippen LogP contribution in [0.2, 0.25) is 5.02 Å². The van der Waals surface area contributed by atoms with E-state index in [0.717, 1.165) is 62.9 Å². The Morgan fingerprint density at radius 3 is 2.38 bits per heavy atom. The molecule has 1 heterocycles. The fourth-order valence-corrected chi connectivity index (χ4v) is 3.81. The molecule has 0 aromatic heterocycles. The van der Waals surface area contributed by atoms with Crippen molar-refractivity contribution in [3.8, 4) is 5.75 Å². The number of nitrogens with one attached hydrogen (secondary N) is 3. The van der Waals surface area contributed by atoms with Crippen molar-refractivity contribution in [1.82, 2.24) is 5.32 Å². The highest BCUT2D eigenvalue weighted by Crippen LogP contribution is 2.14. The number of carbonyl (C=O) groups is 1. The van der Waals surface area contributed by atoms with Crippen molar-refractivity contribution in [1.29, 1.82) is 0 Å². The van der Waals surface area contributed by atoms with E-state index in [9.17, 15) is 4.79 Å². The SMILES string of the molecule is O=C(C[NH+]1CC[NH+](CCOc2ccc(Cl)cc2)CC1)NCCCc1ccccc1. The molecule has 0 radical (unpaired) electrons. The van der Waals surface area contributed by atoms with Crippen LogP contribution < -0.4 is 19.9 Å². The maximum atomic E-state index is 12.2. The summed E-state index contributed by atoms with van der Waals surface area (Å²) < 4.78 is 5.79. The molecule has 29 heavy (non-hydrogen) atoms. The van der Waals surface area contributed by atoms with Crippen LogP contribution in [0, 0.1) is 0 Å². The highest BCUT2D eigenvalue weighted by molar-refractivity contribution is 6.30. The Balaban J connectivity index is 1.23. The van der Waals surface area contributed by atoms with Gasteiger partial charge in [-0.1, -0.05) is 41.9 Å². The van der Waals surface area contributed by atoms with Crippen molar-refractivity contribution in [2.45, 2.75) is 12.8 Å². The molecule has 0 unspecified atom stereocenters. The van der Waals surface area contributed by atoms with E-state index in [-0.39, 0.29) is 5.91 Å². The van der Waals surface area contributed by atoms with Gasteiger partial charge in [0.15, 0.2) is 6.54 Å². The zero-order chi connectivity index (χ0) is 20.3. The topological polar surface area (TPSA) is 47.2 Å². The molecule has 1 saturated heterocycles. The maximum Gasteiger partial charge on any atom is 0.275 e. The summed E-state index contributed by atoms with van der Waals surface area (Å²) in [6.07, 6.45) is 1.99. The number of halogens is 1. The van der Waals surface area contributed by atoms with Crippen LogP contribution >= 0.6 is 11.6 Å². The van der Waals surface area contributed by atoms with E-state index in [4.69, 9.17) is 16.3 Å². The van der Waals surface area contributed by atoms with Gasteiger partial charge in [0.05, 0.1) is 0 Å². The first kappa shape index (κ1) is 21.6. The molecule has 3 rings (SSSR count). The summed E-state index contributed by atoms with van der Waals surface area (Å²) in [7, 11) is 0. The van der Waals surface area contributed by atoms with Crippen LogP contribution in [-0.4, -0.2) is 58.3 Å². The third kappa shape index (κ3) is 8.05. The molecule has 0 spiro atoms. The minimum Gasteiger partial charge on any atom is -0.488 e. The van der Waals surface area contributed by atoms with Crippen LogP contribution in [-0.2, 0) is 11.2 Å². The number of ether oxygens (including phenoxy) is 1. The molecule has 1 aliphatic rings. The molecule has 6 heteroatoms. The van der Waals surface area contributed by atoms with Crippen molar-refractivity contribution >= 4 is 17.5 Å². The number of amides is 1. The molecule has 0 atom stereocenters. The lowest BCUT2D eigenvalue weighted by Crippen LogP contribution is -3.28. The summed E-state index contributed by atoms with van der Waals surface area (Å²) in [5.41, 5.74) is 1.33. The van der Waals surface area contributed by atoms with Gasteiger partial charge in [0, 0.05) is 11.6 Å². The first-order valence-corrected chi connectivity index (χ1v) is 10.9. The molecule has 1 fully saturated rings. The van der Waals surface area contributed by atoms with E-state index in [1.165, 1.54) is 10.5 Å². The molecule has 3 N–H and O–H groups in total. The standard InChI is InChI=1S/C23H30ClN3O2/c24-21-8-10-22(11-9-21)29-18-17-26-13-15-27(16-14-26)19-23(28)25-12-4-7-20-5-2-1-3-6-20/h1-3,5-6,8-11H,4,7,12-19H2,(H,25,28)/p+2. The van der Waals surface area contributed by atoms with Gasteiger partial charge >= 0.3 is 0 Å². The normalized spacial score (nSPS) is 18.9. The van der Waals surface area contributed by atoms with Gasteiger partial charge in [0.2, 0.25) is 0 Å². The second-order valence-corrected chi connectivity index (χ2v) is 8.10. The minimum atomic E-state index is 0.169. The first-order chi connectivity index (χ1) is 14.2. The van der Waals surface area contributed by atoms with Crippen LogP contribution in [0.15, 0.2) is 54.6 Å². The van der Waals surface area contributed by atoms with Crippen LogP contribution in [0.5, 0.6) is 5.75 Å². The van der Waals surface area contributed by atoms with Crippen LogP contribution in [0.4, 0.5) is 0 Å². The van der Waals surface area contributed by atoms with Gasteiger partial charge in [-0.15, -0.1) is 0 Å². The molecule has 0 aliphatic carbocycles. The smallest absolute Gasteiger partial charge is 0.275 e. The summed E-state index contributed by atoms with van der Waals surface area (Å²) in [5, 5.41) is 3.80. The van der Waals surface area contributed by atoms with Crippen LogP contribution in [0.3, 0.4) is 0 Å². The number of hydrogen-bond donors (Lipinski definition) is 3. The molecule has 0 saturated carbocycles. The van der Waals surface area contributed by atoms with Gasteiger partial charge in [0.1, 0.15) is 45.1 Å². The number of carbonyl (C=O) groups excluding carboxylic acids is 1. The van der Waals surface area contributed by atoms with Crippen LogP contribution in [0.1, 0.15) is 12.0 Å². The average molecular weight is 418 g/mol. The number of quaternary nitrogens is 2. The number of hydrogen-bond acceptors (Lipinski definition) is 2. The van der Waals surface area contributed by atoms with Gasteiger partial charge in [-0.3, -0.25) is 4.79 Å². The Bertz CT molecular complexity index is 732. The summed E-state index contributed by atoms with van der Waals surface area (Å²) in [6, 6.07) is 17.9. The van der Waals surface area contributed by atoms with E-state index in [1.807, 2.05) is 30.3 Å². The first-order valence-electron chi connectivity index (χ1n) is 10.5. The summed E-state index contributed by atoms with van der Waals surface area (Å²) in [6.45, 7) is 7.26. The Morgan fingerprint density at radius 2 is 1.66 bits per heavy atom. The summed E-state index contributed by atoms with van der Waals surface area (Å²) in [4.78, 5) is 15.1. The number of rotatable bonds is 10. The predicted octanol–water partition coefficient (Wildman–Crippen LogP) is 0.251. The minimum absolute atomic E-state index is 0.169. The van der Waals surface area contributed by atoms with Gasteiger partial charge in [-0.05, 0) is 42.7 Å². The van der Waals surface area contributed by atoms with Crippen molar-refractivity contribution in [2.75, 3.05) is 52.4 Å². The molecule has 1 aliphatic heterocycles. The third-order valence-corrected chi connectivity index (χ3v) is 5.67. The third-order valence-electron chi connectivity index (χ3n) is 5.42. The molecular weight excluding hydrogens is 386 g/mol. The van der Waals surface area contributed by atoms with Gasteiger partial charge < -0.3 is 19.9 Å². The Hall–Kier alpha value is -2.08. The molecule has 2 aromatic rings. The number of aryl methyl sites for hydroxylation is 1. The Labute approximate surface area is 178 Å². The zero-order valence-electron chi connectivity index (χ0n) is 17.0. The van der Waals surface area contributed by atoms with E-state index >= 15 is 0 Å². The van der Waals surface area contributed by atoms with Crippen LogP contribution in [0.25, 0.3) is 0 Å². The van der Waals surface area contributed by atoms with Crippen molar-refractivity contribution < 1.29 is 19.3 Å². The van der Waals surface area contributed by atoms with E-state index < -0.39 is 0 Å². The summed E-state index contributed by atoms with van der Waals surface area (Å²) in [5.74, 6) is 1.03. The maximum absolute atomic E-state index is 12.2. The average Bonchev–Trinajstić information content (AvgIpc) is 2.75. The Morgan fingerprint density at radius 1 is 0.966 bits per heavy atom. The molecule has 156 valence electrons. The summed E-state index contributed by atoms with van der Waals surface area (Å²) >= 11 is 5.89. The van der Waals surface area contributed by atoms with Crippen molar-refractivity contribution in [3.63, 3.8) is 0 Å². The highest BCUT2D eigenvalue weighted by Gasteiger charge is 2.24. The largest absolute Gasteiger partial charge is 0.488 e. The van der Waals surface area contributed by atoms with E-state index in [0.29, 0.717) is 13.2 Å². The van der Waals surface area contributed by atoms with E-state index in [1.54, 1.807) is 4.90 Å². The molecule has 1 amide bonds. The monoisotopic (exact) mass is 417 g/mol. The number of piperazine rings is 1. The van der Waals surface area contributed by atoms with Crippen molar-refractivity contribution in [2.24, 2.45) is 0 Å². The zero-order valence-corrected chi connectivity index (χ0v) is 17.7. The lowest BCUT2D eigenvalue weighted by Gasteiger charge is -2.29. The highest BCUT2D eigenvalue weighted by atomic mass is 35.5. The second-order valence-electron chi connectivity index (χ2n) is 7.67.